The number of nitrogens with zero attached hydrogens (tertiary/aromatic N) is 3. The van der Waals surface area contributed by atoms with Gasteiger partial charge in [-0.3, -0.25) is 14.7 Å². The quantitative estimate of drug-likeness (QED) is 0.782. The Morgan fingerprint density at radius 3 is 1.96 bits per heavy atom. The maximum atomic E-state index is 3.71. The van der Waals surface area contributed by atoms with Crippen molar-refractivity contribution in [2.75, 3.05) is 58.9 Å². The minimum Gasteiger partial charge on any atom is -0.315 e. The van der Waals surface area contributed by atoms with Crippen molar-refractivity contribution in [2.45, 2.75) is 59.0 Å². The Hall–Kier alpha value is -0.160. The Morgan fingerprint density at radius 1 is 0.826 bits per heavy atom. The van der Waals surface area contributed by atoms with Crippen molar-refractivity contribution in [3.05, 3.63) is 0 Å². The van der Waals surface area contributed by atoms with Crippen molar-refractivity contribution in [3.8, 4) is 0 Å². The summed E-state index contributed by atoms with van der Waals surface area (Å²) < 4.78 is 0. The fourth-order valence-electron chi connectivity index (χ4n) is 3.79. The normalized spacial score (nSPS) is 26.1. The molecule has 1 N–H and O–H groups in total. The van der Waals surface area contributed by atoms with Gasteiger partial charge in [0, 0.05) is 56.9 Å². The molecule has 0 aromatic carbocycles. The predicted molar refractivity (Wildman–Crippen MR) is 100 cm³/mol. The predicted octanol–water partition coefficient (Wildman–Crippen LogP) is 2.11. The van der Waals surface area contributed by atoms with Gasteiger partial charge < -0.3 is 5.32 Å². The van der Waals surface area contributed by atoms with Gasteiger partial charge in [0.2, 0.25) is 0 Å². The molecule has 2 aliphatic rings. The lowest BCUT2D eigenvalue weighted by molar-refractivity contribution is 0.0627. The first-order valence-corrected chi connectivity index (χ1v) is 9.59. The molecule has 4 nitrogen and oxygen atoms in total. The summed E-state index contributed by atoms with van der Waals surface area (Å²) in [5, 5.41) is 3.71. The zero-order chi connectivity index (χ0) is 17.1. The first-order chi connectivity index (χ1) is 10.7. The average molecular weight is 325 g/mol. The van der Waals surface area contributed by atoms with Crippen LogP contribution in [0.1, 0.15) is 48.0 Å². The zero-order valence-electron chi connectivity index (χ0n) is 16.5. The van der Waals surface area contributed by atoms with E-state index in [0.717, 1.165) is 12.5 Å². The van der Waals surface area contributed by atoms with Crippen molar-refractivity contribution < 1.29 is 0 Å². The van der Waals surface area contributed by atoms with E-state index in [1.54, 1.807) is 0 Å². The van der Waals surface area contributed by atoms with E-state index in [1.807, 2.05) is 0 Å². The van der Waals surface area contributed by atoms with Crippen LogP contribution in [-0.4, -0.2) is 84.7 Å². The molecule has 0 amide bonds. The molecule has 0 spiro atoms. The summed E-state index contributed by atoms with van der Waals surface area (Å²) in [6.45, 7) is 24.9. The summed E-state index contributed by atoms with van der Waals surface area (Å²) in [4.78, 5) is 7.85. The SMILES string of the molecule is CC(C)(C)N1CCN(CCNCC2CCN(C(C)(C)C)C2)CC1. The first kappa shape index (κ1) is 19.2. The molecule has 0 aliphatic carbocycles. The van der Waals surface area contributed by atoms with Gasteiger partial charge in [0.05, 0.1) is 0 Å². The number of piperazine rings is 1. The average Bonchev–Trinajstić information content (AvgIpc) is 2.92. The first-order valence-electron chi connectivity index (χ1n) is 9.59. The van der Waals surface area contributed by atoms with Crippen molar-refractivity contribution in [1.29, 1.82) is 0 Å². The highest BCUT2D eigenvalue weighted by molar-refractivity contribution is 4.86. The molecular weight excluding hydrogens is 284 g/mol. The number of likely N-dealkylation sites (tertiary alicyclic amines) is 1. The van der Waals surface area contributed by atoms with E-state index in [9.17, 15) is 0 Å². The van der Waals surface area contributed by atoms with Gasteiger partial charge in [0.25, 0.3) is 0 Å². The molecular formula is C19H40N4. The fraction of sp³-hybridized carbons (Fsp3) is 1.00. The monoisotopic (exact) mass is 324 g/mol. The smallest absolute Gasteiger partial charge is 0.0126 e. The number of hydrogen-bond donors (Lipinski definition) is 1. The molecule has 0 saturated carbocycles. The van der Waals surface area contributed by atoms with Crippen molar-refractivity contribution in [3.63, 3.8) is 0 Å². The van der Waals surface area contributed by atoms with Crippen LogP contribution in [-0.2, 0) is 0 Å². The van der Waals surface area contributed by atoms with E-state index in [1.165, 1.54) is 58.8 Å². The molecule has 136 valence electrons. The van der Waals surface area contributed by atoms with Crippen LogP contribution in [0.3, 0.4) is 0 Å². The van der Waals surface area contributed by atoms with Crippen LogP contribution in [0.4, 0.5) is 0 Å². The van der Waals surface area contributed by atoms with Crippen LogP contribution < -0.4 is 5.32 Å². The standard InChI is InChI=1S/C19H40N4/c1-18(2,3)22-13-11-21(12-14-22)10-8-20-15-17-7-9-23(16-17)19(4,5)6/h17,20H,7-16H2,1-6H3. The van der Waals surface area contributed by atoms with Crippen LogP contribution in [0.2, 0.25) is 0 Å². The molecule has 0 aromatic rings. The molecule has 2 rings (SSSR count). The molecule has 2 saturated heterocycles. The van der Waals surface area contributed by atoms with E-state index in [2.05, 4.69) is 61.6 Å². The second-order valence-electron chi connectivity index (χ2n) is 9.48. The molecule has 0 radical (unpaired) electrons. The number of rotatable bonds is 5. The molecule has 2 aliphatic heterocycles. The zero-order valence-corrected chi connectivity index (χ0v) is 16.5. The van der Waals surface area contributed by atoms with E-state index in [0.29, 0.717) is 11.1 Å². The van der Waals surface area contributed by atoms with Crippen molar-refractivity contribution in [1.82, 2.24) is 20.0 Å². The van der Waals surface area contributed by atoms with Gasteiger partial charge in [0.15, 0.2) is 0 Å². The molecule has 1 unspecified atom stereocenters. The molecule has 2 heterocycles. The van der Waals surface area contributed by atoms with Crippen LogP contribution in [0, 0.1) is 5.92 Å². The Morgan fingerprint density at radius 2 is 1.43 bits per heavy atom. The van der Waals surface area contributed by atoms with Gasteiger partial charge in [-0.25, -0.2) is 0 Å². The van der Waals surface area contributed by atoms with Crippen LogP contribution in [0.5, 0.6) is 0 Å². The fourth-order valence-corrected chi connectivity index (χ4v) is 3.79. The third-order valence-corrected chi connectivity index (χ3v) is 5.59. The highest BCUT2D eigenvalue weighted by atomic mass is 15.3. The van der Waals surface area contributed by atoms with E-state index in [-0.39, 0.29) is 0 Å². The van der Waals surface area contributed by atoms with Gasteiger partial charge in [-0.15, -0.1) is 0 Å². The second kappa shape index (κ2) is 7.81. The van der Waals surface area contributed by atoms with Crippen LogP contribution >= 0.6 is 0 Å². The van der Waals surface area contributed by atoms with Gasteiger partial charge in [-0.2, -0.15) is 0 Å². The molecule has 1 atom stereocenters. The molecule has 0 bridgehead atoms. The lowest BCUT2D eigenvalue weighted by Crippen LogP contribution is -2.54. The van der Waals surface area contributed by atoms with E-state index >= 15 is 0 Å². The highest BCUT2D eigenvalue weighted by Gasteiger charge is 2.30. The van der Waals surface area contributed by atoms with Gasteiger partial charge in [0.1, 0.15) is 0 Å². The summed E-state index contributed by atoms with van der Waals surface area (Å²) in [6.07, 6.45) is 1.36. The molecule has 2 fully saturated rings. The van der Waals surface area contributed by atoms with E-state index in [4.69, 9.17) is 0 Å². The highest BCUT2D eigenvalue weighted by Crippen LogP contribution is 2.23. The Balaban J connectivity index is 1.55. The summed E-state index contributed by atoms with van der Waals surface area (Å²) in [5.41, 5.74) is 0.660. The maximum Gasteiger partial charge on any atom is 0.0126 e. The summed E-state index contributed by atoms with van der Waals surface area (Å²) in [6, 6.07) is 0. The third kappa shape index (κ3) is 6.00. The number of hydrogen-bond acceptors (Lipinski definition) is 4. The summed E-state index contributed by atoms with van der Waals surface area (Å²) in [7, 11) is 0. The second-order valence-corrected chi connectivity index (χ2v) is 9.48. The minimum absolute atomic E-state index is 0.325. The summed E-state index contributed by atoms with van der Waals surface area (Å²) >= 11 is 0. The van der Waals surface area contributed by atoms with Crippen LogP contribution in [0.15, 0.2) is 0 Å². The van der Waals surface area contributed by atoms with E-state index < -0.39 is 0 Å². The Labute approximate surface area is 144 Å². The van der Waals surface area contributed by atoms with Gasteiger partial charge >= 0.3 is 0 Å². The Kier molecular flexibility index (Phi) is 6.51. The maximum absolute atomic E-state index is 3.71. The topological polar surface area (TPSA) is 21.8 Å². The van der Waals surface area contributed by atoms with Gasteiger partial charge in [-0.1, -0.05) is 0 Å². The number of nitrogens with one attached hydrogen (secondary N) is 1. The lowest BCUT2D eigenvalue weighted by Gasteiger charge is -2.42. The summed E-state index contributed by atoms with van der Waals surface area (Å²) in [5.74, 6) is 0.840. The lowest BCUT2D eigenvalue weighted by atomic mass is 10.1. The third-order valence-electron chi connectivity index (χ3n) is 5.59. The molecule has 0 aromatic heterocycles. The largest absolute Gasteiger partial charge is 0.315 e. The Bertz CT molecular complexity index is 347. The molecule has 4 heteroatoms. The molecule has 23 heavy (non-hydrogen) atoms. The van der Waals surface area contributed by atoms with Crippen molar-refractivity contribution >= 4 is 0 Å². The van der Waals surface area contributed by atoms with Crippen molar-refractivity contribution in [2.24, 2.45) is 5.92 Å². The van der Waals surface area contributed by atoms with Crippen LogP contribution in [0.25, 0.3) is 0 Å². The minimum atomic E-state index is 0.325. The van der Waals surface area contributed by atoms with Gasteiger partial charge in [-0.05, 0) is 67.0 Å².